The van der Waals surface area contributed by atoms with Crippen molar-refractivity contribution in [3.8, 4) is 0 Å². The van der Waals surface area contributed by atoms with Gasteiger partial charge in [-0.1, -0.05) is 37.6 Å². The summed E-state index contributed by atoms with van der Waals surface area (Å²) in [5, 5.41) is 4.37. The molecule has 0 amide bonds. The topological polar surface area (TPSA) is 15.3 Å². The number of nitrogens with one attached hydrogen (secondary N) is 1. The first-order valence-electron chi connectivity index (χ1n) is 7.79. The Balaban J connectivity index is 2.24. The van der Waals surface area contributed by atoms with Gasteiger partial charge in [-0.05, 0) is 42.9 Å². The highest BCUT2D eigenvalue weighted by Gasteiger charge is 2.25. The van der Waals surface area contributed by atoms with E-state index in [1.165, 1.54) is 24.0 Å². The zero-order chi connectivity index (χ0) is 14.5. The van der Waals surface area contributed by atoms with Crippen LogP contribution in [0.1, 0.15) is 43.9 Å². The molecule has 0 aliphatic carbocycles. The van der Waals surface area contributed by atoms with E-state index in [-0.39, 0.29) is 0 Å². The van der Waals surface area contributed by atoms with Crippen LogP contribution in [0.2, 0.25) is 5.02 Å². The number of nitrogens with zero attached hydrogens (tertiary/aromatic N) is 1. The van der Waals surface area contributed by atoms with Gasteiger partial charge in [0.2, 0.25) is 0 Å². The van der Waals surface area contributed by atoms with Crippen molar-refractivity contribution in [1.82, 2.24) is 10.2 Å². The Morgan fingerprint density at radius 2 is 1.90 bits per heavy atom. The number of hydrogen-bond acceptors (Lipinski definition) is 2. The van der Waals surface area contributed by atoms with E-state index in [0.29, 0.717) is 6.04 Å². The summed E-state index contributed by atoms with van der Waals surface area (Å²) in [6, 6.07) is 6.74. The second-order valence-corrected chi connectivity index (χ2v) is 6.65. The van der Waals surface area contributed by atoms with Gasteiger partial charge in [0.05, 0.1) is 0 Å². The lowest BCUT2D eigenvalue weighted by atomic mass is 9.93. The summed E-state index contributed by atoms with van der Waals surface area (Å²) < 4.78 is 0. The van der Waals surface area contributed by atoms with Gasteiger partial charge in [0.25, 0.3) is 0 Å². The number of aryl methyl sites for hydroxylation is 1. The summed E-state index contributed by atoms with van der Waals surface area (Å²) in [5.41, 5.74) is 2.67. The van der Waals surface area contributed by atoms with E-state index in [9.17, 15) is 0 Å². The van der Waals surface area contributed by atoms with Crippen molar-refractivity contribution in [2.24, 2.45) is 5.92 Å². The molecule has 1 saturated heterocycles. The predicted octanol–water partition coefficient (Wildman–Crippen LogP) is 4.03. The minimum Gasteiger partial charge on any atom is -0.314 e. The molecule has 1 aliphatic heterocycles. The lowest BCUT2D eigenvalue weighted by Gasteiger charge is -2.36. The van der Waals surface area contributed by atoms with Crippen LogP contribution in [-0.4, -0.2) is 31.1 Å². The molecule has 1 fully saturated rings. The molecule has 1 aromatic rings. The SMILES string of the molecule is Cc1cccc(Cl)c1[C@H](CCC(C)C)N1CCNCC1. The average molecular weight is 295 g/mol. The van der Waals surface area contributed by atoms with Crippen LogP contribution < -0.4 is 5.32 Å². The fourth-order valence-electron chi connectivity index (χ4n) is 3.06. The molecule has 0 spiro atoms. The van der Waals surface area contributed by atoms with Crippen molar-refractivity contribution in [2.45, 2.75) is 39.7 Å². The third kappa shape index (κ3) is 3.97. The van der Waals surface area contributed by atoms with Crippen LogP contribution in [-0.2, 0) is 0 Å². The van der Waals surface area contributed by atoms with Crippen molar-refractivity contribution in [3.63, 3.8) is 0 Å². The summed E-state index contributed by atoms with van der Waals surface area (Å²) in [4.78, 5) is 2.60. The summed E-state index contributed by atoms with van der Waals surface area (Å²) in [7, 11) is 0. The van der Waals surface area contributed by atoms with Crippen molar-refractivity contribution >= 4 is 11.6 Å². The Bertz CT molecular complexity index is 405. The van der Waals surface area contributed by atoms with Crippen LogP contribution in [0, 0.1) is 12.8 Å². The number of piperazine rings is 1. The summed E-state index contributed by atoms with van der Waals surface area (Å²) >= 11 is 6.52. The standard InChI is InChI=1S/C17H27ClN2/c1-13(2)7-8-16(20-11-9-19-10-12-20)17-14(3)5-4-6-15(17)18/h4-6,13,16,19H,7-12H2,1-3H3/t16-/m0/s1. The molecule has 0 aromatic heterocycles. The minimum absolute atomic E-state index is 0.466. The van der Waals surface area contributed by atoms with Gasteiger partial charge in [0.15, 0.2) is 0 Å². The highest BCUT2D eigenvalue weighted by Crippen LogP contribution is 2.34. The maximum absolute atomic E-state index is 6.52. The highest BCUT2D eigenvalue weighted by atomic mass is 35.5. The maximum Gasteiger partial charge on any atom is 0.0456 e. The molecule has 1 aliphatic rings. The lowest BCUT2D eigenvalue weighted by molar-refractivity contribution is 0.159. The molecule has 1 N–H and O–H groups in total. The number of halogens is 1. The number of rotatable bonds is 5. The van der Waals surface area contributed by atoms with Gasteiger partial charge < -0.3 is 5.32 Å². The smallest absolute Gasteiger partial charge is 0.0456 e. The Morgan fingerprint density at radius 1 is 1.20 bits per heavy atom. The fourth-order valence-corrected chi connectivity index (χ4v) is 3.41. The summed E-state index contributed by atoms with van der Waals surface area (Å²) in [6.45, 7) is 11.2. The predicted molar refractivity (Wildman–Crippen MR) is 87.4 cm³/mol. The van der Waals surface area contributed by atoms with Crippen LogP contribution >= 0.6 is 11.6 Å². The third-order valence-electron chi connectivity index (χ3n) is 4.21. The largest absolute Gasteiger partial charge is 0.314 e. The summed E-state index contributed by atoms with van der Waals surface area (Å²) in [6.07, 6.45) is 2.45. The van der Waals surface area contributed by atoms with Crippen LogP contribution in [0.5, 0.6) is 0 Å². The Hall–Kier alpha value is -0.570. The Kier molecular flexibility index (Phi) is 5.88. The van der Waals surface area contributed by atoms with E-state index in [1.54, 1.807) is 0 Å². The highest BCUT2D eigenvalue weighted by molar-refractivity contribution is 6.31. The summed E-state index contributed by atoms with van der Waals surface area (Å²) in [5.74, 6) is 0.739. The molecular formula is C17H27ClN2. The number of hydrogen-bond donors (Lipinski definition) is 1. The molecule has 20 heavy (non-hydrogen) atoms. The maximum atomic E-state index is 6.52. The van der Waals surface area contributed by atoms with Crippen LogP contribution in [0.4, 0.5) is 0 Å². The van der Waals surface area contributed by atoms with E-state index in [4.69, 9.17) is 11.6 Å². The van der Waals surface area contributed by atoms with E-state index in [2.05, 4.69) is 43.1 Å². The molecule has 1 heterocycles. The molecule has 0 bridgehead atoms. The van der Waals surface area contributed by atoms with Crippen molar-refractivity contribution in [2.75, 3.05) is 26.2 Å². The molecule has 1 aromatic carbocycles. The molecule has 112 valence electrons. The first kappa shape index (κ1) is 15.8. The molecule has 2 rings (SSSR count). The number of benzene rings is 1. The average Bonchev–Trinajstić information content (AvgIpc) is 2.42. The molecule has 3 heteroatoms. The van der Waals surface area contributed by atoms with E-state index < -0.39 is 0 Å². The van der Waals surface area contributed by atoms with E-state index in [1.807, 2.05) is 6.07 Å². The second kappa shape index (κ2) is 7.44. The van der Waals surface area contributed by atoms with E-state index in [0.717, 1.165) is 37.1 Å². The Morgan fingerprint density at radius 3 is 2.50 bits per heavy atom. The first-order chi connectivity index (χ1) is 9.59. The lowest BCUT2D eigenvalue weighted by Crippen LogP contribution is -2.45. The van der Waals surface area contributed by atoms with Gasteiger partial charge in [0.1, 0.15) is 0 Å². The minimum atomic E-state index is 0.466. The zero-order valence-electron chi connectivity index (χ0n) is 13.0. The first-order valence-corrected chi connectivity index (χ1v) is 8.17. The van der Waals surface area contributed by atoms with Gasteiger partial charge in [-0.2, -0.15) is 0 Å². The van der Waals surface area contributed by atoms with Crippen molar-refractivity contribution in [3.05, 3.63) is 34.3 Å². The molecule has 2 nitrogen and oxygen atoms in total. The van der Waals surface area contributed by atoms with Crippen LogP contribution in [0.15, 0.2) is 18.2 Å². The van der Waals surface area contributed by atoms with E-state index >= 15 is 0 Å². The normalized spacial score (nSPS) is 18.4. The molecule has 0 saturated carbocycles. The molecule has 1 atom stereocenters. The van der Waals surface area contributed by atoms with Crippen LogP contribution in [0.3, 0.4) is 0 Å². The van der Waals surface area contributed by atoms with Gasteiger partial charge in [-0.15, -0.1) is 0 Å². The quantitative estimate of drug-likeness (QED) is 0.882. The van der Waals surface area contributed by atoms with Crippen molar-refractivity contribution in [1.29, 1.82) is 0 Å². The third-order valence-corrected chi connectivity index (χ3v) is 4.54. The Labute approximate surface area is 128 Å². The van der Waals surface area contributed by atoms with Gasteiger partial charge >= 0.3 is 0 Å². The van der Waals surface area contributed by atoms with Crippen molar-refractivity contribution < 1.29 is 0 Å². The monoisotopic (exact) mass is 294 g/mol. The van der Waals surface area contributed by atoms with Crippen LogP contribution in [0.25, 0.3) is 0 Å². The van der Waals surface area contributed by atoms with Gasteiger partial charge in [-0.3, -0.25) is 4.90 Å². The fraction of sp³-hybridized carbons (Fsp3) is 0.647. The molecule has 0 radical (unpaired) electrons. The molecule has 0 unspecified atom stereocenters. The molecular weight excluding hydrogens is 268 g/mol. The second-order valence-electron chi connectivity index (χ2n) is 6.24. The van der Waals surface area contributed by atoms with Gasteiger partial charge in [-0.25, -0.2) is 0 Å². The zero-order valence-corrected chi connectivity index (χ0v) is 13.7. The van der Waals surface area contributed by atoms with Gasteiger partial charge in [0, 0.05) is 37.2 Å².